The maximum Gasteiger partial charge on any atom is 0.244 e. The smallest absolute Gasteiger partial charge is 0.244 e. The van der Waals surface area contributed by atoms with Crippen LogP contribution in [0.4, 0.5) is 10.1 Å². The molecule has 2 amide bonds. The van der Waals surface area contributed by atoms with E-state index in [0.717, 1.165) is 47.9 Å². The van der Waals surface area contributed by atoms with Crippen molar-refractivity contribution in [2.24, 2.45) is 0 Å². The number of hydrogen-bond donors (Lipinski definition) is 1. The third kappa shape index (κ3) is 8.44. The van der Waals surface area contributed by atoms with E-state index in [1.54, 1.807) is 18.2 Å². The van der Waals surface area contributed by atoms with Gasteiger partial charge in [-0.1, -0.05) is 78.5 Å². The van der Waals surface area contributed by atoms with E-state index in [1.807, 2.05) is 30.3 Å². The van der Waals surface area contributed by atoms with Crippen molar-refractivity contribution < 1.29 is 22.4 Å². The van der Waals surface area contributed by atoms with E-state index in [2.05, 4.69) is 5.32 Å². The summed E-state index contributed by atoms with van der Waals surface area (Å²) in [4.78, 5) is 29.3. The molecule has 0 heterocycles. The van der Waals surface area contributed by atoms with Crippen molar-refractivity contribution in [3.05, 3.63) is 99.8 Å². The van der Waals surface area contributed by atoms with Crippen molar-refractivity contribution in [3.8, 4) is 0 Å². The summed E-state index contributed by atoms with van der Waals surface area (Å²) in [7, 11) is -4.00. The van der Waals surface area contributed by atoms with Gasteiger partial charge in [0.2, 0.25) is 21.8 Å². The number of rotatable bonds is 11. The zero-order valence-electron chi connectivity index (χ0n) is 22.6. The Bertz CT molecular complexity index is 1480. The van der Waals surface area contributed by atoms with Crippen LogP contribution in [0.1, 0.15) is 36.8 Å². The first kappa shape index (κ1) is 30.8. The van der Waals surface area contributed by atoms with Crippen molar-refractivity contribution in [2.75, 3.05) is 17.1 Å². The van der Waals surface area contributed by atoms with Gasteiger partial charge in [0.1, 0.15) is 18.4 Å². The van der Waals surface area contributed by atoms with E-state index in [9.17, 15) is 22.4 Å². The SMILES string of the molecule is CS(=O)(=O)N(CC(=O)N(Cc1ccc(Cl)cc1Cl)[C@@H](Cc1ccccc1)C(=O)NC1CCCC1)c1cccc(F)c1. The van der Waals surface area contributed by atoms with Crippen LogP contribution in [0.5, 0.6) is 0 Å². The number of anilines is 1. The highest BCUT2D eigenvalue weighted by molar-refractivity contribution is 7.92. The van der Waals surface area contributed by atoms with E-state index in [0.29, 0.717) is 15.6 Å². The Kier molecular flexibility index (Phi) is 10.3. The Morgan fingerprint density at radius 1 is 1.00 bits per heavy atom. The van der Waals surface area contributed by atoms with Gasteiger partial charge in [0.05, 0.1) is 11.9 Å². The molecule has 1 aliphatic carbocycles. The standard InChI is InChI=1S/C30H32Cl2FN3O4S/c1-41(39,40)36(26-13-7-10-24(33)18-26)20-29(37)35(19-22-14-15-23(31)17-27(22)32)28(16-21-8-3-2-4-9-21)30(38)34-25-11-5-6-12-25/h2-4,7-10,13-15,17-18,25,28H,5-6,11-12,16,19-20H2,1H3,(H,34,38)/t28-/m0/s1. The fourth-order valence-corrected chi connectivity index (χ4v) is 6.31. The predicted molar refractivity (Wildman–Crippen MR) is 160 cm³/mol. The van der Waals surface area contributed by atoms with Gasteiger partial charge in [-0.25, -0.2) is 12.8 Å². The molecule has 1 fully saturated rings. The van der Waals surface area contributed by atoms with Gasteiger partial charge in [0.25, 0.3) is 0 Å². The molecule has 0 saturated heterocycles. The average Bonchev–Trinajstić information content (AvgIpc) is 3.43. The molecule has 41 heavy (non-hydrogen) atoms. The van der Waals surface area contributed by atoms with Crippen molar-refractivity contribution in [1.82, 2.24) is 10.2 Å². The van der Waals surface area contributed by atoms with Gasteiger partial charge in [-0.2, -0.15) is 0 Å². The molecule has 11 heteroatoms. The first-order valence-electron chi connectivity index (χ1n) is 13.3. The Labute approximate surface area is 250 Å². The van der Waals surface area contributed by atoms with Gasteiger partial charge in [-0.05, 0) is 54.3 Å². The van der Waals surface area contributed by atoms with E-state index >= 15 is 0 Å². The van der Waals surface area contributed by atoms with E-state index in [1.165, 1.54) is 23.1 Å². The van der Waals surface area contributed by atoms with Crippen LogP contribution in [0.25, 0.3) is 0 Å². The highest BCUT2D eigenvalue weighted by Crippen LogP contribution is 2.26. The summed E-state index contributed by atoms with van der Waals surface area (Å²) in [6.07, 6.45) is 4.85. The zero-order valence-corrected chi connectivity index (χ0v) is 24.9. The summed E-state index contributed by atoms with van der Waals surface area (Å²) in [6, 6.07) is 18.1. The van der Waals surface area contributed by atoms with Gasteiger partial charge < -0.3 is 10.2 Å². The third-order valence-corrected chi connectivity index (χ3v) is 8.83. The molecule has 4 rings (SSSR count). The Morgan fingerprint density at radius 2 is 1.71 bits per heavy atom. The average molecular weight is 621 g/mol. The highest BCUT2D eigenvalue weighted by atomic mass is 35.5. The number of carbonyl (C=O) groups is 2. The van der Waals surface area contributed by atoms with Crippen LogP contribution >= 0.6 is 23.2 Å². The summed E-state index contributed by atoms with van der Waals surface area (Å²) in [5, 5.41) is 3.81. The normalized spacial score (nSPS) is 14.4. The first-order valence-corrected chi connectivity index (χ1v) is 15.9. The molecule has 218 valence electrons. The minimum atomic E-state index is -4.00. The van der Waals surface area contributed by atoms with Crippen LogP contribution in [-0.2, 0) is 32.6 Å². The van der Waals surface area contributed by atoms with Crippen LogP contribution in [0.2, 0.25) is 10.0 Å². The maximum atomic E-state index is 14.1. The lowest BCUT2D eigenvalue weighted by molar-refractivity contribution is -0.140. The molecule has 0 radical (unpaired) electrons. The zero-order chi connectivity index (χ0) is 29.6. The Hall–Kier alpha value is -3.14. The van der Waals surface area contributed by atoms with E-state index in [4.69, 9.17) is 23.2 Å². The number of hydrogen-bond acceptors (Lipinski definition) is 4. The second-order valence-corrected chi connectivity index (χ2v) is 13.0. The molecule has 3 aromatic carbocycles. The van der Waals surface area contributed by atoms with E-state index < -0.39 is 34.3 Å². The lowest BCUT2D eigenvalue weighted by Gasteiger charge is -2.34. The second kappa shape index (κ2) is 13.7. The molecule has 7 nitrogen and oxygen atoms in total. The topological polar surface area (TPSA) is 86.8 Å². The van der Waals surface area contributed by atoms with Gasteiger partial charge in [0, 0.05) is 29.1 Å². The lowest BCUT2D eigenvalue weighted by atomic mass is 10.0. The van der Waals surface area contributed by atoms with Crippen LogP contribution in [0.3, 0.4) is 0 Å². The molecule has 1 N–H and O–H groups in total. The largest absolute Gasteiger partial charge is 0.352 e. The molecule has 1 aliphatic rings. The van der Waals surface area contributed by atoms with Gasteiger partial charge >= 0.3 is 0 Å². The number of sulfonamides is 1. The van der Waals surface area contributed by atoms with Crippen molar-refractivity contribution in [1.29, 1.82) is 0 Å². The number of benzene rings is 3. The number of nitrogens with one attached hydrogen (secondary N) is 1. The number of amides is 2. The molecule has 0 unspecified atom stereocenters. The van der Waals surface area contributed by atoms with Crippen LogP contribution < -0.4 is 9.62 Å². The first-order chi connectivity index (χ1) is 19.5. The Morgan fingerprint density at radius 3 is 2.34 bits per heavy atom. The molecule has 1 saturated carbocycles. The molecule has 0 bridgehead atoms. The number of carbonyl (C=O) groups excluding carboxylic acids is 2. The Balaban J connectivity index is 1.74. The predicted octanol–water partition coefficient (Wildman–Crippen LogP) is 5.60. The van der Waals surface area contributed by atoms with Crippen LogP contribution in [0, 0.1) is 5.82 Å². The quantitative estimate of drug-likeness (QED) is 0.303. The molecule has 0 aromatic heterocycles. The third-order valence-electron chi connectivity index (χ3n) is 7.10. The van der Waals surface area contributed by atoms with Crippen molar-refractivity contribution >= 4 is 50.7 Å². The minimum Gasteiger partial charge on any atom is -0.352 e. The molecule has 0 aliphatic heterocycles. The summed E-state index contributed by atoms with van der Waals surface area (Å²) < 4.78 is 40.5. The molecule has 3 aromatic rings. The molecule has 0 spiro atoms. The summed E-state index contributed by atoms with van der Waals surface area (Å²) in [6.45, 7) is -0.722. The van der Waals surface area contributed by atoms with Gasteiger partial charge in [-0.3, -0.25) is 13.9 Å². The second-order valence-electron chi connectivity index (χ2n) is 10.2. The summed E-state index contributed by atoms with van der Waals surface area (Å²) in [5.74, 6) is -1.63. The monoisotopic (exact) mass is 619 g/mol. The fourth-order valence-electron chi connectivity index (χ4n) is 5.00. The number of halogens is 3. The van der Waals surface area contributed by atoms with Crippen molar-refractivity contribution in [3.63, 3.8) is 0 Å². The van der Waals surface area contributed by atoms with Crippen LogP contribution in [-0.4, -0.2) is 50.0 Å². The summed E-state index contributed by atoms with van der Waals surface area (Å²) >= 11 is 12.6. The van der Waals surface area contributed by atoms with Crippen molar-refractivity contribution in [2.45, 2.75) is 50.7 Å². The van der Waals surface area contributed by atoms with Gasteiger partial charge in [0.15, 0.2) is 0 Å². The van der Waals surface area contributed by atoms with E-state index in [-0.39, 0.29) is 30.6 Å². The minimum absolute atomic E-state index is 0.000317. The molecular weight excluding hydrogens is 588 g/mol. The maximum absolute atomic E-state index is 14.1. The van der Waals surface area contributed by atoms with Gasteiger partial charge in [-0.15, -0.1) is 0 Å². The molecular formula is C30H32Cl2FN3O4S. The molecule has 1 atom stereocenters. The number of nitrogens with zero attached hydrogens (tertiary/aromatic N) is 2. The highest BCUT2D eigenvalue weighted by Gasteiger charge is 2.34. The summed E-state index contributed by atoms with van der Waals surface area (Å²) in [5.41, 5.74) is 1.36. The fraction of sp³-hybridized carbons (Fsp3) is 0.333. The van der Waals surface area contributed by atoms with Crippen LogP contribution in [0.15, 0.2) is 72.8 Å². The lowest BCUT2D eigenvalue weighted by Crippen LogP contribution is -2.54.